The molecule has 0 fully saturated rings. The second kappa shape index (κ2) is 6.11. The molecule has 0 aliphatic rings. The summed E-state index contributed by atoms with van der Waals surface area (Å²) in [7, 11) is 0. The molecule has 0 heterocycles. The Morgan fingerprint density at radius 2 is 2.00 bits per heavy atom. The van der Waals surface area contributed by atoms with Gasteiger partial charge in [0.1, 0.15) is 0 Å². The molecule has 0 aliphatic carbocycles. The number of rotatable bonds is 5. The molecule has 1 N–H and O–H groups in total. The predicted octanol–water partition coefficient (Wildman–Crippen LogP) is 3.38. The van der Waals surface area contributed by atoms with Crippen molar-refractivity contribution in [2.24, 2.45) is 0 Å². The van der Waals surface area contributed by atoms with Gasteiger partial charge in [-0.1, -0.05) is 44.2 Å². The third-order valence-corrected chi connectivity index (χ3v) is 2.78. The van der Waals surface area contributed by atoms with Gasteiger partial charge in [0.2, 0.25) is 0 Å². The fourth-order valence-corrected chi connectivity index (χ4v) is 1.51. The van der Waals surface area contributed by atoms with Crippen LogP contribution in [0.25, 0.3) is 0 Å². The van der Waals surface area contributed by atoms with Crippen LogP contribution in [-0.2, 0) is 11.2 Å². The van der Waals surface area contributed by atoms with E-state index in [2.05, 4.69) is 38.1 Å². The highest BCUT2D eigenvalue weighted by Crippen LogP contribution is 2.18. The Bertz CT molecular complexity index is 363. The third-order valence-electron chi connectivity index (χ3n) is 2.78. The molecule has 1 aromatic carbocycles. The molecule has 0 spiro atoms. The Kier molecular flexibility index (Phi) is 4.77. The minimum atomic E-state index is -0.892. The molecule has 0 saturated heterocycles. The average Bonchev–Trinajstić information content (AvgIpc) is 2.28. The van der Waals surface area contributed by atoms with E-state index in [-0.39, 0.29) is 0 Å². The lowest BCUT2D eigenvalue weighted by atomic mass is 9.97. The number of hydrogen-bond donors (Lipinski definition) is 1. The number of carboxylic acid groups (broad SMARTS) is 1. The predicted molar refractivity (Wildman–Crippen MR) is 65.6 cm³/mol. The SMILES string of the molecule is CCC(C)c1ccc(C/C=C/C(=O)O)cc1. The lowest BCUT2D eigenvalue weighted by molar-refractivity contribution is -0.131. The molecule has 0 bridgehead atoms. The molecule has 16 heavy (non-hydrogen) atoms. The molecule has 1 rings (SSSR count). The van der Waals surface area contributed by atoms with Gasteiger partial charge >= 0.3 is 5.97 Å². The molecule has 1 unspecified atom stereocenters. The Morgan fingerprint density at radius 3 is 2.50 bits per heavy atom. The van der Waals surface area contributed by atoms with E-state index in [1.807, 2.05) is 0 Å². The van der Waals surface area contributed by atoms with Crippen molar-refractivity contribution in [2.75, 3.05) is 0 Å². The second-order valence-electron chi connectivity index (χ2n) is 4.00. The van der Waals surface area contributed by atoms with Gasteiger partial charge in [-0.25, -0.2) is 4.79 Å². The average molecular weight is 218 g/mol. The maximum absolute atomic E-state index is 10.3. The Balaban J connectivity index is 2.61. The number of benzene rings is 1. The largest absolute Gasteiger partial charge is 0.478 e. The standard InChI is InChI=1S/C14H18O2/c1-3-11(2)13-9-7-12(8-10-13)5-4-6-14(15)16/h4,6-11H,3,5H2,1-2H3,(H,15,16)/b6-4+. The van der Waals surface area contributed by atoms with Crippen molar-refractivity contribution < 1.29 is 9.90 Å². The van der Waals surface area contributed by atoms with E-state index >= 15 is 0 Å². The summed E-state index contributed by atoms with van der Waals surface area (Å²) in [6.07, 6.45) is 4.66. The minimum Gasteiger partial charge on any atom is -0.478 e. The van der Waals surface area contributed by atoms with Crippen molar-refractivity contribution in [3.63, 3.8) is 0 Å². The van der Waals surface area contributed by atoms with Crippen molar-refractivity contribution in [2.45, 2.75) is 32.6 Å². The maximum atomic E-state index is 10.3. The maximum Gasteiger partial charge on any atom is 0.327 e. The number of hydrogen-bond acceptors (Lipinski definition) is 1. The second-order valence-corrected chi connectivity index (χ2v) is 4.00. The molecule has 0 amide bonds. The van der Waals surface area contributed by atoms with E-state index in [0.29, 0.717) is 12.3 Å². The molecule has 1 aromatic rings. The molecule has 2 nitrogen and oxygen atoms in total. The molecule has 1 atom stereocenters. The Morgan fingerprint density at radius 1 is 1.38 bits per heavy atom. The first-order valence-electron chi connectivity index (χ1n) is 5.61. The van der Waals surface area contributed by atoms with Crippen LogP contribution in [0.4, 0.5) is 0 Å². The lowest BCUT2D eigenvalue weighted by Gasteiger charge is -2.08. The van der Waals surface area contributed by atoms with Gasteiger partial charge < -0.3 is 5.11 Å². The summed E-state index contributed by atoms with van der Waals surface area (Å²) in [4.78, 5) is 10.3. The number of carboxylic acids is 1. The Hall–Kier alpha value is -1.57. The van der Waals surface area contributed by atoms with Crippen LogP contribution in [0.15, 0.2) is 36.4 Å². The van der Waals surface area contributed by atoms with Gasteiger partial charge in [0.25, 0.3) is 0 Å². The Labute approximate surface area is 96.6 Å². The van der Waals surface area contributed by atoms with Gasteiger partial charge in [-0.3, -0.25) is 0 Å². The third kappa shape index (κ3) is 3.89. The van der Waals surface area contributed by atoms with Crippen LogP contribution in [0.2, 0.25) is 0 Å². The molecule has 0 radical (unpaired) electrons. The first-order valence-corrected chi connectivity index (χ1v) is 5.61. The molecular weight excluding hydrogens is 200 g/mol. The van der Waals surface area contributed by atoms with Gasteiger partial charge in [-0.05, 0) is 29.9 Å². The van der Waals surface area contributed by atoms with E-state index in [1.54, 1.807) is 6.08 Å². The summed E-state index contributed by atoms with van der Waals surface area (Å²) in [6, 6.07) is 8.37. The van der Waals surface area contributed by atoms with E-state index in [4.69, 9.17) is 5.11 Å². The fourth-order valence-electron chi connectivity index (χ4n) is 1.51. The molecule has 0 aliphatic heterocycles. The minimum absolute atomic E-state index is 0.587. The van der Waals surface area contributed by atoms with Gasteiger partial charge in [0.15, 0.2) is 0 Å². The highest BCUT2D eigenvalue weighted by atomic mass is 16.4. The summed E-state index contributed by atoms with van der Waals surface area (Å²) in [5.41, 5.74) is 2.48. The summed E-state index contributed by atoms with van der Waals surface area (Å²) in [6.45, 7) is 4.38. The smallest absolute Gasteiger partial charge is 0.327 e. The van der Waals surface area contributed by atoms with Gasteiger partial charge in [0.05, 0.1) is 0 Å². The van der Waals surface area contributed by atoms with E-state index in [1.165, 1.54) is 11.6 Å². The zero-order valence-electron chi connectivity index (χ0n) is 9.81. The molecular formula is C14H18O2. The van der Waals surface area contributed by atoms with E-state index < -0.39 is 5.97 Å². The normalized spacial score (nSPS) is 12.9. The molecule has 2 heteroatoms. The van der Waals surface area contributed by atoms with Crippen molar-refractivity contribution in [3.8, 4) is 0 Å². The van der Waals surface area contributed by atoms with Crippen LogP contribution in [0.5, 0.6) is 0 Å². The van der Waals surface area contributed by atoms with Crippen molar-refractivity contribution in [1.82, 2.24) is 0 Å². The van der Waals surface area contributed by atoms with Crippen LogP contribution in [0, 0.1) is 0 Å². The molecule has 86 valence electrons. The topological polar surface area (TPSA) is 37.3 Å². The number of allylic oxidation sites excluding steroid dienone is 1. The molecule has 0 saturated carbocycles. The first-order chi connectivity index (χ1) is 7.63. The van der Waals surface area contributed by atoms with Crippen molar-refractivity contribution in [1.29, 1.82) is 0 Å². The van der Waals surface area contributed by atoms with E-state index in [0.717, 1.165) is 12.0 Å². The highest BCUT2D eigenvalue weighted by Gasteiger charge is 2.01. The van der Waals surface area contributed by atoms with Crippen LogP contribution in [0.1, 0.15) is 37.3 Å². The van der Waals surface area contributed by atoms with Crippen LogP contribution in [-0.4, -0.2) is 11.1 Å². The van der Waals surface area contributed by atoms with Gasteiger partial charge in [-0.2, -0.15) is 0 Å². The summed E-state index contributed by atoms with van der Waals surface area (Å²) in [5.74, 6) is -0.306. The van der Waals surface area contributed by atoms with Crippen LogP contribution >= 0.6 is 0 Å². The van der Waals surface area contributed by atoms with Crippen molar-refractivity contribution >= 4 is 5.97 Å². The zero-order valence-corrected chi connectivity index (χ0v) is 9.81. The zero-order chi connectivity index (χ0) is 12.0. The van der Waals surface area contributed by atoms with Gasteiger partial charge in [-0.15, -0.1) is 0 Å². The summed E-state index contributed by atoms with van der Waals surface area (Å²) < 4.78 is 0. The summed E-state index contributed by atoms with van der Waals surface area (Å²) >= 11 is 0. The summed E-state index contributed by atoms with van der Waals surface area (Å²) in [5, 5.41) is 8.45. The number of carbonyl (C=O) groups is 1. The fraction of sp³-hybridized carbons (Fsp3) is 0.357. The quantitative estimate of drug-likeness (QED) is 0.769. The monoisotopic (exact) mass is 218 g/mol. The first kappa shape index (κ1) is 12.5. The molecule has 0 aromatic heterocycles. The van der Waals surface area contributed by atoms with Crippen LogP contribution < -0.4 is 0 Å². The lowest BCUT2D eigenvalue weighted by Crippen LogP contribution is -1.92. The van der Waals surface area contributed by atoms with Crippen molar-refractivity contribution in [3.05, 3.63) is 47.5 Å². The van der Waals surface area contributed by atoms with Crippen LogP contribution in [0.3, 0.4) is 0 Å². The van der Waals surface area contributed by atoms with Gasteiger partial charge in [0, 0.05) is 6.08 Å². The van der Waals surface area contributed by atoms with E-state index in [9.17, 15) is 4.79 Å². The highest BCUT2D eigenvalue weighted by molar-refractivity contribution is 5.79. The number of aliphatic carboxylic acids is 1.